The minimum Gasteiger partial charge on any atom is -0.175 e. The summed E-state index contributed by atoms with van der Waals surface area (Å²) in [6.45, 7) is 0. The van der Waals surface area contributed by atoms with Crippen LogP contribution in [0.2, 0.25) is 5.02 Å². The van der Waals surface area contributed by atoms with Crippen molar-refractivity contribution < 1.29 is 0 Å². The van der Waals surface area contributed by atoms with Gasteiger partial charge in [-0.25, -0.2) is 0 Å². The lowest BCUT2D eigenvalue weighted by Gasteiger charge is -1.91. The summed E-state index contributed by atoms with van der Waals surface area (Å²) >= 11 is 9.76. The SMILES string of the molecule is SC/C=C/c1ccc(Cl)cc1. The lowest BCUT2D eigenvalue weighted by molar-refractivity contribution is 1.65. The fraction of sp³-hybridized carbons (Fsp3) is 0.111. The number of thiol groups is 1. The van der Waals surface area contributed by atoms with E-state index >= 15 is 0 Å². The third kappa shape index (κ3) is 3.00. The van der Waals surface area contributed by atoms with Crippen LogP contribution < -0.4 is 0 Å². The summed E-state index contributed by atoms with van der Waals surface area (Å²) in [6, 6.07) is 7.70. The zero-order valence-corrected chi connectivity index (χ0v) is 7.65. The highest BCUT2D eigenvalue weighted by molar-refractivity contribution is 7.80. The van der Waals surface area contributed by atoms with Crippen molar-refractivity contribution in [3.63, 3.8) is 0 Å². The number of hydrogen-bond acceptors (Lipinski definition) is 1. The van der Waals surface area contributed by atoms with Gasteiger partial charge in [-0.1, -0.05) is 35.9 Å². The Hall–Kier alpha value is -0.400. The van der Waals surface area contributed by atoms with Crippen LogP contribution in [0, 0.1) is 0 Å². The molecule has 0 bridgehead atoms. The maximum absolute atomic E-state index is 5.71. The molecule has 0 unspecified atom stereocenters. The van der Waals surface area contributed by atoms with Crippen molar-refractivity contribution in [2.45, 2.75) is 0 Å². The van der Waals surface area contributed by atoms with Gasteiger partial charge in [0.25, 0.3) is 0 Å². The molecule has 1 aromatic carbocycles. The molecule has 2 heteroatoms. The monoisotopic (exact) mass is 184 g/mol. The van der Waals surface area contributed by atoms with E-state index in [0.717, 1.165) is 16.3 Å². The standard InChI is InChI=1S/C9H9ClS/c10-9-5-3-8(4-6-9)2-1-7-11/h1-6,11H,7H2/b2-1+. The summed E-state index contributed by atoms with van der Waals surface area (Å²) in [4.78, 5) is 0. The van der Waals surface area contributed by atoms with E-state index in [2.05, 4.69) is 12.6 Å². The molecule has 58 valence electrons. The minimum absolute atomic E-state index is 0.766. The summed E-state index contributed by atoms with van der Waals surface area (Å²) in [5.74, 6) is 0.766. The van der Waals surface area contributed by atoms with Crippen molar-refractivity contribution in [2.75, 3.05) is 5.75 Å². The second-order valence-corrected chi connectivity index (χ2v) is 2.94. The van der Waals surface area contributed by atoms with E-state index in [4.69, 9.17) is 11.6 Å². The Kier molecular flexibility index (Phi) is 3.53. The third-order valence-corrected chi connectivity index (χ3v) is 1.75. The largest absolute Gasteiger partial charge is 0.175 e. The molecular weight excluding hydrogens is 176 g/mol. The molecule has 0 heterocycles. The van der Waals surface area contributed by atoms with E-state index in [1.165, 1.54) is 0 Å². The van der Waals surface area contributed by atoms with Gasteiger partial charge >= 0.3 is 0 Å². The van der Waals surface area contributed by atoms with E-state index in [9.17, 15) is 0 Å². The van der Waals surface area contributed by atoms with Crippen molar-refractivity contribution in [1.82, 2.24) is 0 Å². The van der Waals surface area contributed by atoms with E-state index in [0.29, 0.717) is 0 Å². The van der Waals surface area contributed by atoms with Crippen LogP contribution in [-0.2, 0) is 0 Å². The van der Waals surface area contributed by atoms with Crippen LogP contribution in [0.15, 0.2) is 30.3 Å². The predicted octanol–water partition coefficient (Wildman–Crippen LogP) is 3.28. The molecule has 0 fully saturated rings. The first-order valence-corrected chi connectivity index (χ1v) is 4.37. The lowest BCUT2D eigenvalue weighted by Crippen LogP contribution is -1.70. The summed E-state index contributed by atoms with van der Waals surface area (Å²) in [5.41, 5.74) is 1.16. The van der Waals surface area contributed by atoms with Gasteiger partial charge in [0.15, 0.2) is 0 Å². The van der Waals surface area contributed by atoms with E-state index in [1.807, 2.05) is 36.4 Å². The van der Waals surface area contributed by atoms with Crippen LogP contribution in [0.3, 0.4) is 0 Å². The maximum Gasteiger partial charge on any atom is 0.0406 e. The lowest BCUT2D eigenvalue weighted by atomic mass is 10.2. The van der Waals surface area contributed by atoms with Gasteiger partial charge in [-0.2, -0.15) is 12.6 Å². The number of hydrogen-bond donors (Lipinski definition) is 1. The fourth-order valence-corrected chi connectivity index (χ4v) is 0.994. The molecule has 1 aromatic rings. The van der Waals surface area contributed by atoms with Crippen molar-refractivity contribution >= 4 is 30.3 Å². The van der Waals surface area contributed by atoms with Gasteiger partial charge in [0.1, 0.15) is 0 Å². The van der Waals surface area contributed by atoms with Crippen LogP contribution in [0.25, 0.3) is 6.08 Å². The molecule has 0 N–H and O–H groups in total. The third-order valence-electron chi connectivity index (χ3n) is 1.29. The second-order valence-electron chi connectivity index (χ2n) is 2.14. The molecule has 0 saturated carbocycles. The van der Waals surface area contributed by atoms with Gasteiger partial charge in [0, 0.05) is 10.8 Å². The van der Waals surface area contributed by atoms with E-state index in [-0.39, 0.29) is 0 Å². The highest BCUT2D eigenvalue weighted by Crippen LogP contribution is 2.10. The first-order valence-electron chi connectivity index (χ1n) is 3.36. The molecule has 0 aliphatic rings. The van der Waals surface area contributed by atoms with Crippen molar-refractivity contribution in [2.24, 2.45) is 0 Å². The van der Waals surface area contributed by atoms with Gasteiger partial charge < -0.3 is 0 Å². The Balaban J connectivity index is 2.73. The summed E-state index contributed by atoms with van der Waals surface area (Å²) in [5, 5.41) is 0.771. The van der Waals surface area contributed by atoms with Gasteiger partial charge in [0.2, 0.25) is 0 Å². The van der Waals surface area contributed by atoms with Crippen molar-refractivity contribution in [1.29, 1.82) is 0 Å². The van der Waals surface area contributed by atoms with E-state index < -0.39 is 0 Å². The fourth-order valence-electron chi connectivity index (χ4n) is 0.763. The van der Waals surface area contributed by atoms with Gasteiger partial charge in [-0.15, -0.1) is 0 Å². The normalized spacial score (nSPS) is 10.7. The minimum atomic E-state index is 0.766. The van der Waals surface area contributed by atoms with E-state index in [1.54, 1.807) is 0 Å². The highest BCUT2D eigenvalue weighted by atomic mass is 35.5. The zero-order valence-electron chi connectivity index (χ0n) is 6.00. The number of rotatable bonds is 2. The average molecular weight is 185 g/mol. The Bertz CT molecular complexity index is 238. The highest BCUT2D eigenvalue weighted by Gasteiger charge is 1.85. The second kappa shape index (κ2) is 4.47. The summed E-state index contributed by atoms with van der Waals surface area (Å²) < 4.78 is 0. The molecule has 0 spiro atoms. The van der Waals surface area contributed by atoms with Crippen LogP contribution in [-0.4, -0.2) is 5.75 Å². The van der Waals surface area contributed by atoms with Crippen LogP contribution in [0.4, 0.5) is 0 Å². The van der Waals surface area contributed by atoms with Crippen LogP contribution in [0.5, 0.6) is 0 Å². The zero-order chi connectivity index (χ0) is 8.10. The molecular formula is C9H9ClS. The topological polar surface area (TPSA) is 0 Å². The first-order chi connectivity index (χ1) is 5.33. The van der Waals surface area contributed by atoms with Crippen molar-refractivity contribution in [3.05, 3.63) is 40.9 Å². The first kappa shape index (κ1) is 8.69. The number of halogens is 1. The summed E-state index contributed by atoms with van der Waals surface area (Å²) in [7, 11) is 0. The average Bonchev–Trinajstić information content (AvgIpc) is 2.04. The van der Waals surface area contributed by atoms with Gasteiger partial charge in [0.05, 0.1) is 0 Å². The van der Waals surface area contributed by atoms with Gasteiger partial charge in [-0.05, 0) is 17.7 Å². The smallest absolute Gasteiger partial charge is 0.0406 e. The predicted molar refractivity (Wildman–Crippen MR) is 54.3 cm³/mol. The van der Waals surface area contributed by atoms with Crippen LogP contribution >= 0.6 is 24.2 Å². The molecule has 11 heavy (non-hydrogen) atoms. The van der Waals surface area contributed by atoms with Crippen LogP contribution in [0.1, 0.15) is 5.56 Å². The Morgan fingerprint density at radius 3 is 2.45 bits per heavy atom. The quantitative estimate of drug-likeness (QED) is 0.671. The molecule has 0 nitrogen and oxygen atoms in total. The molecule has 0 radical (unpaired) electrons. The Morgan fingerprint density at radius 1 is 1.27 bits per heavy atom. The summed E-state index contributed by atoms with van der Waals surface area (Å²) in [6.07, 6.45) is 4.01. The molecule has 1 rings (SSSR count). The number of benzene rings is 1. The Labute approximate surface area is 77.3 Å². The molecule has 0 aliphatic carbocycles. The molecule has 0 saturated heterocycles. The molecule has 0 aromatic heterocycles. The Morgan fingerprint density at radius 2 is 1.91 bits per heavy atom. The molecule has 0 aliphatic heterocycles. The van der Waals surface area contributed by atoms with Crippen molar-refractivity contribution in [3.8, 4) is 0 Å². The molecule has 0 atom stereocenters. The maximum atomic E-state index is 5.71. The van der Waals surface area contributed by atoms with Gasteiger partial charge in [-0.3, -0.25) is 0 Å². The molecule has 0 amide bonds.